The summed E-state index contributed by atoms with van der Waals surface area (Å²) in [5, 5.41) is 2.69. The van der Waals surface area contributed by atoms with Crippen LogP contribution in [0.2, 0.25) is 0 Å². The molecule has 26 heavy (non-hydrogen) atoms. The summed E-state index contributed by atoms with van der Waals surface area (Å²) in [5.74, 6) is -0.744. The number of aromatic nitrogens is 1. The minimum absolute atomic E-state index is 0.00263. The quantitative estimate of drug-likeness (QED) is 0.839. The Balaban J connectivity index is 1.84. The van der Waals surface area contributed by atoms with E-state index in [9.17, 15) is 9.59 Å². The van der Waals surface area contributed by atoms with Gasteiger partial charge in [-0.25, -0.2) is 0 Å². The highest BCUT2D eigenvalue weighted by molar-refractivity contribution is 6.39. The van der Waals surface area contributed by atoms with Gasteiger partial charge in [-0.15, -0.1) is 0 Å². The molecule has 0 radical (unpaired) electrons. The fraction of sp³-hybridized carbons (Fsp3) is 0.381. The minimum atomic E-state index is -0.612. The molecule has 3 atom stereocenters. The van der Waals surface area contributed by atoms with E-state index >= 15 is 0 Å². The van der Waals surface area contributed by atoms with Crippen molar-refractivity contribution in [1.82, 2.24) is 9.88 Å². The van der Waals surface area contributed by atoms with Gasteiger partial charge in [-0.05, 0) is 49.8 Å². The van der Waals surface area contributed by atoms with E-state index in [1.807, 2.05) is 44.2 Å². The standard InChI is InChI=1S/C21H25N3O2/c1-14-11-18(13-22-12-14)23-20(25)21(26)24-16(3)15(2)9-10-19(24)17-7-5-4-6-8-17/h4-8,11-13,15-16,19H,9-10H2,1-3H3,(H,23,25)/t15-,16-,19-/m0/s1. The summed E-state index contributed by atoms with van der Waals surface area (Å²) < 4.78 is 0. The molecule has 1 aliphatic rings. The summed E-state index contributed by atoms with van der Waals surface area (Å²) >= 11 is 0. The number of carbonyl (C=O) groups is 2. The van der Waals surface area contributed by atoms with Gasteiger partial charge in [0, 0.05) is 12.2 Å². The van der Waals surface area contributed by atoms with Crippen molar-refractivity contribution < 1.29 is 9.59 Å². The van der Waals surface area contributed by atoms with E-state index in [1.165, 1.54) is 0 Å². The Bertz CT molecular complexity index is 791. The van der Waals surface area contributed by atoms with Gasteiger partial charge in [0.1, 0.15) is 0 Å². The second kappa shape index (κ2) is 7.68. The SMILES string of the molecule is Cc1cncc(NC(=O)C(=O)N2[C@H](c3ccccc3)CC[C@H](C)[C@@H]2C)c1. The smallest absolute Gasteiger partial charge is 0.313 e. The number of nitrogens with one attached hydrogen (secondary N) is 1. The number of likely N-dealkylation sites (tertiary alicyclic amines) is 1. The third kappa shape index (κ3) is 3.77. The fourth-order valence-electron chi connectivity index (χ4n) is 3.61. The summed E-state index contributed by atoms with van der Waals surface area (Å²) in [6.07, 6.45) is 5.15. The normalized spacial score (nSPS) is 22.7. The van der Waals surface area contributed by atoms with Crippen LogP contribution < -0.4 is 5.32 Å². The molecule has 5 nitrogen and oxygen atoms in total. The minimum Gasteiger partial charge on any atom is -0.324 e. The number of anilines is 1. The lowest BCUT2D eigenvalue weighted by molar-refractivity contribution is -0.149. The van der Waals surface area contributed by atoms with Crippen molar-refractivity contribution >= 4 is 17.5 Å². The Labute approximate surface area is 154 Å². The molecule has 1 N–H and O–H groups in total. The van der Waals surface area contributed by atoms with Crippen molar-refractivity contribution in [2.75, 3.05) is 5.32 Å². The van der Waals surface area contributed by atoms with Crippen LogP contribution in [0.4, 0.5) is 5.69 Å². The van der Waals surface area contributed by atoms with E-state index in [4.69, 9.17) is 0 Å². The molecule has 1 saturated heterocycles. The van der Waals surface area contributed by atoms with Gasteiger partial charge in [-0.2, -0.15) is 0 Å². The molecular weight excluding hydrogens is 326 g/mol. The summed E-state index contributed by atoms with van der Waals surface area (Å²) in [4.78, 5) is 31.5. The maximum Gasteiger partial charge on any atom is 0.313 e. The summed E-state index contributed by atoms with van der Waals surface area (Å²) in [6, 6.07) is 11.7. The third-order valence-corrected chi connectivity index (χ3v) is 5.24. The zero-order chi connectivity index (χ0) is 18.7. The second-order valence-electron chi connectivity index (χ2n) is 7.14. The molecule has 136 valence electrons. The molecule has 0 aliphatic carbocycles. The van der Waals surface area contributed by atoms with Gasteiger partial charge in [0.25, 0.3) is 0 Å². The van der Waals surface area contributed by atoms with Crippen molar-refractivity contribution in [3.05, 3.63) is 59.9 Å². The van der Waals surface area contributed by atoms with Gasteiger partial charge in [0.15, 0.2) is 0 Å². The summed E-state index contributed by atoms with van der Waals surface area (Å²) in [7, 11) is 0. The molecule has 0 unspecified atom stereocenters. The van der Waals surface area contributed by atoms with Gasteiger partial charge in [0.05, 0.1) is 17.9 Å². The molecule has 5 heteroatoms. The van der Waals surface area contributed by atoms with E-state index in [1.54, 1.807) is 23.4 Å². The largest absolute Gasteiger partial charge is 0.324 e. The van der Waals surface area contributed by atoms with Crippen molar-refractivity contribution in [3.8, 4) is 0 Å². The highest BCUT2D eigenvalue weighted by Gasteiger charge is 2.38. The van der Waals surface area contributed by atoms with Crippen LogP contribution in [0, 0.1) is 12.8 Å². The molecule has 0 spiro atoms. The van der Waals surface area contributed by atoms with Crippen molar-refractivity contribution in [2.24, 2.45) is 5.92 Å². The predicted molar refractivity (Wildman–Crippen MR) is 101 cm³/mol. The van der Waals surface area contributed by atoms with Crippen LogP contribution in [0.25, 0.3) is 0 Å². The molecule has 2 heterocycles. The lowest BCUT2D eigenvalue weighted by Crippen LogP contribution is -2.51. The second-order valence-corrected chi connectivity index (χ2v) is 7.14. The van der Waals surface area contributed by atoms with Crippen LogP contribution in [0.5, 0.6) is 0 Å². The summed E-state index contributed by atoms with van der Waals surface area (Å²) in [6.45, 7) is 6.05. The lowest BCUT2D eigenvalue weighted by atomic mass is 9.84. The molecule has 3 rings (SSSR count). The van der Waals surface area contributed by atoms with Crippen molar-refractivity contribution in [2.45, 2.75) is 45.7 Å². The molecule has 1 fully saturated rings. The number of pyridine rings is 1. The highest BCUT2D eigenvalue weighted by atomic mass is 16.2. The zero-order valence-corrected chi connectivity index (χ0v) is 15.5. The molecule has 0 bridgehead atoms. The third-order valence-electron chi connectivity index (χ3n) is 5.24. The van der Waals surface area contributed by atoms with Crippen LogP contribution >= 0.6 is 0 Å². The van der Waals surface area contributed by atoms with Crippen LogP contribution in [0.3, 0.4) is 0 Å². The van der Waals surface area contributed by atoms with Crippen LogP contribution in [-0.4, -0.2) is 27.7 Å². The average molecular weight is 351 g/mol. The first-order chi connectivity index (χ1) is 12.5. The maximum atomic E-state index is 13.0. The number of hydrogen-bond donors (Lipinski definition) is 1. The zero-order valence-electron chi connectivity index (χ0n) is 15.5. The number of rotatable bonds is 2. The van der Waals surface area contributed by atoms with Gasteiger partial charge in [-0.3, -0.25) is 14.6 Å². The number of amides is 2. The average Bonchev–Trinajstić information content (AvgIpc) is 2.64. The van der Waals surface area contributed by atoms with E-state index in [-0.39, 0.29) is 12.1 Å². The first kappa shape index (κ1) is 18.1. The Morgan fingerprint density at radius 3 is 2.54 bits per heavy atom. The lowest BCUT2D eigenvalue weighted by Gasteiger charge is -2.44. The Hall–Kier alpha value is -2.69. The fourth-order valence-corrected chi connectivity index (χ4v) is 3.61. The first-order valence-electron chi connectivity index (χ1n) is 9.07. The first-order valence-corrected chi connectivity index (χ1v) is 9.07. The summed E-state index contributed by atoms with van der Waals surface area (Å²) in [5.41, 5.74) is 2.54. The number of benzene rings is 1. The van der Waals surface area contributed by atoms with Gasteiger partial charge in [-0.1, -0.05) is 37.3 Å². The van der Waals surface area contributed by atoms with Gasteiger partial charge < -0.3 is 10.2 Å². The number of aryl methyl sites for hydroxylation is 1. The van der Waals surface area contributed by atoms with Crippen LogP contribution in [0.1, 0.15) is 43.9 Å². The highest BCUT2D eigenvalue weighted by Crippen LogP contribution is 2.37. The van der Waals surface area contributed by atoms with E-state index in [0.717, 1.165) is 24.0 Å². The molecule has 2 amide bonds. The Morgan fingerprint density at radius 1 is 1.12 bits per heavy atom. The predicted octanol–water partition coefficient (Wildman–Crippen LogP) is 3.72. The number of nitrogens with zero attached hydrogens (tertiary/aromatic N) is 2. The van der Waals surface area contributed by atoms with E-state index < -0.39 is 11.8 Å². The molecule has 1 aliphatic heterocycles. The van der Waals surface area contributed by atoms with Crippen LogP contribution in [-0.2, 0) is 9.59 Å². The topological polar surface area (TPSA) is 62.3 Å². The maximum absolute atomic E-state index is 13.0. The van der Waals surface area contributed by atoms with E-state index in [0.29, 0.717) is 11.6 Å². The van der Waals surface area contributed by atoms with Crippen LogP contribution in [0.15, 0.2) is 48.8 Å². The van der Waals surface area contributed by atoms with E-state index in [2.05, 4.69) is 17.2 Å². The van der Waals surface area contributed by atoms with Gasteiger partial charge >= 0.3 is 11.8 Å². The Morgan fingerprint density at radius 2 is 1.85 bits per heavy atom. The monoisotopic (exact) mass is 351 g/mol. The molecule has 0 saturated carbocycles. The number of carbonyl (C=O) groups excluding carboxylic acids is 2. The molecular formula is C21H25N3O2. The Kier molecular flexibility index (Phi) is 5.35. The molecule has 2 aromatic rings. The van der Waals surface area contributed by atoms with Gasteiger partial charge in [0.2, 0.25) is 0 Å². The molecule has 1 aromatic carbocycles. The molecule has 1 aromatic heterocycles. The van der Waals surface area contributed by atoms with Crippen molar-refractivity contribution in [1.29, 1.82) is 0 Å². The number of hydrogen-bond acceptors (Lipinski definition) is 3. The van der Waals surface area contributed by atoms with Crippen molar-refractivity contribution in [3.63, 3.8) is 0 Å². The number of piperidine rings is 1.